The Hall–Kier alpha value is -0.870. The van der Waals surface area contributed by atoms with Crippen LogP contribution >= 0.6 is 0 Å². The Bertz CT molecular complexity index is 431. The van der Waals surface area contributed by atoms with Crippen molar-refractivity contribution in [1.82, 2.24) is 15.4 Å². The Labute approximate surface area is 122 Å². The van der Waals surface area contributed by atoms with Crippen LogP contribution in [0.1, 0.15) is 58.9 Å². The fourth-order valence-corrected chi connectivity index (χ4v) is 2.77. The van der Waals surface area contributed by atoms with E-state index in [4.69, 9.17) is 4.52 Å². The van der Waals surface area contributed by atoms with Crippen LogP contribution in [0, 0.1) is 5.41 Å². The molecule has 0 saturated carbocycles. The van der Waals surface area contributed by atoms with Gasteiger partial charge < -0.3 is 9.84 Å². The second-order valence-corrected chi connectivity index (χ2v) is 7.87. The lowest BCUT2D eigenvalue weighted by Crippen LogP contribution is -2.39. The first-order valence-corrected chi connectivity index (χ1v) is 7.65. The van der Waals surface area contributed by atoms with E-state index in [9.17, 15) is 0 Å². The van der Waals surface area contributed by atoms with Crippen LogP contribution in [0.4, 0.5) is 0 Å². The number of nitrogens with zero attached hydrogens (tertiary/aromatic N) is 2. The first kappa shape index (κ1) is 15.5. The molecule has 1 aromatic heterocycles. The SMILES string of the molecule is CC1(C)CCCN(Cc2cc(CNC(C)(C)C)no2)C1. The van der Waals surface area contributed by atoms with Gasteiger partial charge in [-0.05, 0) is 45.6 Å². The summed E-state index contributed by atoms with van der Waals surface area (Å²) < 4.78 is 5.47. The van der Waals surface area contributed by atoms with E-state index in [0.717, 1.165) is 31.1 Å². The average Bonchev–Trinajstić information content (AvgIpc) is 2.72. The van der Waals surface area contributed by atoms with Gasteiger partial charge in [-0.3, -0.25) is 4.90 Å². The molecule has 0 unspecified atom stereocenters. The smallest absolute Gasteiger partial charge is 0.151 e. The van der Waals surface area contributed by atoms with Crippen LogP contribution in [0.25, 0.3) is 0 Å². The molecule has 1 aliphatic rings. The summed E-state index contributed by atoms with van der Waals surface area (Å²) in [5, 5.41) is 7.59. The highest BCUT2D eigenvalue weighted by atomic mass is 16.5. The lowest BCUT2D eigenvalue weighted by Gasteiger charge is -2.37. The minimum Gasteiger partial charge on any atom is -0.360 e. The van der Waals surface area contributed by atoms with E-state index in [-0.39, 0.29) is 5.54 Å². The number of aromatic nitrogens is 1. The van der Waals surface area contributed by atoms with Crippen molar-refractivity contribution in [2.75, 3.05) is 13.1 Å². The zero-order valence-electron chi connectivity index (χ0n) is 13.6. The maximum atomic E-state index is 5.47. The zero-order chi connectivity index (χ0) is 14.8. The first-order valence-electron chi connectivity index (χ1n) is 7.65. The number of piperidine rings is 1. The van der Waals surface area contributed by atoms with Crippen molar-refractivity contribution in [1.29, 1.82) is 0 Å². The minimum absolute atomic E-state index is 0.107. The van der Waals surface area contributed by atoms with E-state index < -0.39 is 0 Å². The van der Waals surface area contributed by atoms with Crippen molar-refractivity contribution in [3.05, 3.63) is 17.5 Å². The van der Waals surface area contributed by atoms with Gasteiger partial charge in [0.2, 0.25) is 0 Å². The third kappa shape index (κ3) is 4.91. The number of rotatable bonds is 4. The molecule has 114 valence electrons. The van der Waals surface area contributed by atoms with E-state index in [1.165, 1.54) is 19.4 Å². The van der Waals surface area contributed by atoms with Crippen LogP contribution in [-0.2, 0) is 13.1 Å². The molecule has 0 atom stereocenters. The molecule has 1 N–H and O–H groups in total. The van der Waals surface area contributed by atoms with Crippen molar-refractivity contribution in [3.63, 3.8) is 0 Å². The summed E-state index contributed by atoms with van der Waals surface area (Å²) in [4.78, 5) is 2.48. The van der Waals surface area contributed by atoms with Crippen molar-refractivity contribution >= 4 is 0 Å². The molecule has 4 heteroatoms. The number of hydrogen-bond acceptors (Lipinski definition) is 4. The highest BCUT2D eigenvalue weighted by Gasteiger charge is 2.26. The molecule has 1 fully saturated rings. The molecule has 2 heterocycles. The zero-order valence-corrected chi connectivity index (χ0v) is 13.6. The maximum Gasteiger partial charge on any atom is 0.151 e. The van der Waals surface area contributed by atoms with E-state index >= 15 is 0 Å². The molecule has 0 spiro atoms. The van der Waals surface area contributed by atoms with E-state index in [0.29, 0.717) is 5.41 Å². The summed E-state index contributed by atoms with van der Waals surface area (Å²) in [5.74, 6) is 0.980. The Kier molecular flexibility index (Phi) is 4.55. The maximum absolute atomic E-state index is 5.47. The quantitative estimate of drug-likeness (QED) is 0.919. The Morgan fingerprint density at radius 2 is 2.15 bits per heavy atom. The predicted molar refractivity (Wildman–Crippen MR) is 81.4 cm³/mol. The molecule has 0 bridgehead atoms. The molecule has 0 radical (unpaired) electrons. The van der Waals surface area contributed by atoms with Crippen LogP contribution in [0.15, 0.2) is 10.6 Å². The van der Waals surface area contributed by atoms with E-state index in [1.807, 2.05) is 0 Å². The first-order chi connectivity index (χ1) is 9.23. The van der Waals surface area contributed by atoms with Gasteiger partial charge in [0.25, 0.3) is 0 Å². The van der Waals surface area contributed by atoms with Crippen LogP contribution in [-0.4, -0.2) is 28.7 Å². The van der Waals surface area contributed by atoms with E-state index in [1.54, 1.807) is 0 Å². The highest BCUT2D eigenvalue weighted by Crippen LogP contribution is 2.29. The van der Waals surface area contributed by atoms with Crippen LogP contribution in [0.5, 0.6) is 0 Å². The van der Waals surface area contributed by atoms with Crippen molar-refractivity contribution in [3.8, 4) is 0 Å². The summed E-state index contributed by atoms with van der Waals surface area (Å²) in [6.07, 6.45) is 2.60. The third-order valence-electron chi connectivity index (χ3n) is 3.77. The van der Waals surface area contributed by atoms with Gasteiger partial charge in [0.1, 0.15) is 0 Å². The van der Waals surface area contributed by atoms with E-state index in [2.05, 4.69) is 56.1 Å². The number of likely N-dealkylation sites (tertiary alicyclic amines) is 1. The van der Waals surface area contributed by atoms with Crippen LogP contribution < -0.4 is 5.32 Å². The van der Waals surface area contributed by atoms with Gasteiger partial charge in [-0.2, -0.15) is 0 Å². The normalized spacial score (nSPS) is 20.2. The summed E-state index contributed by atoms with van der Waals surface area (Å²) >= 11 is 0. The van der Waals surface area contributed by atoms with Gasteiger partial charge in [-0.15, -0.1) is 0 Å². The monoisotopic (exact) mass is 279 g/mol. The number of nitrogens with one attached hydrogen (secondary N) is 1. The molecule has 1 aliphatic heterocycles. The summed E-state index contributed by atoms with van der Waals surface area (Å²) in [5.41, 5.74) is 1.52. The molecular formula is C16H29N3O. The lowest BCUT2D eigenvalue weighted by molar-refractivity contribution is 0.102. The topological polar surface area (TPSA) is 41.3 Å². The Morgan fingerprint density at radius 1 is 1.40 bits per heavy atom. The second-order valence-electron chi connectivity index (χ2n) is 7.87. The predicted octanol–water partition coefficient (Wildman–Crippen LogP) is 3.18. The molecule has 0 aliphatic carbocycles. The summed E-state index contributed by atoms with van der Waals surface area (Å²) in [7, 11) is 0. The van der Waals surface area contributed by atoms with Crippen molar-refractivity contribution < 1.29 is 4.52 Å². The molecule has 1 aromatic rings. The lowest BCUT2D eigenvalue weighted by atomic mass is 9.84. The fourth-order valence-electron chi connectivity index (χ4n) is 2.77. The minimum atomic E-state index is 0.107. The van der Waals surface area contributed by atoms with Gasteiger partial charge >= 0.3 is 0 Å². The van der Waals surface area contributed by atoms with Gasteiger partial charge in [0.05, 0.1) is 12.2 Å². The highest BCUT2D eigenvalue weighted by molar-refractivity contribution is 5.06. The Balaban J connectivity index is 1.86. The van der Waals surface area contributed by atoms with Gasteiger partial charge in [-0.1, -0.05) is 19.0 Å². The van der Waals surface area contributed by atoms with Crippen molar-refractivity contribution in [2.24, 2.45) is 5.41 Å². The van der Waals surface area contributed by atoms with Crippen LogP contribution in [0.3, 0.4) is 0 Å². The van der Waals surface area contributed by atoms with Gasteiger partial charge in [0, 0.05) is 24.7 Å². The molecule has 0 amide bonds. The molecule has 2 rings (SSSR count). The molecular weight excluding hydrogens is 250 g/mol. The molecule has 4 nitrogen and oxygen atoms in total. The molecule has 1 saturated heterocycles. The second kappa shape index (κ2) is 5.86. The van der Waals surface area contributed by atoms with Gasteiger partial charge in [-0.25, -0.2) is 0 Å². The average molecular weight is 279 g/mol. The Morgan fingerprint density at radius 3 is 2.80 bits per heavy atom. The largest absolute Gasteiger partial charge is 0.360 e. The molecule has 0 aromatic carbocycles. The van der Waals surface area contributed by atoms with Crippen molar-refractivity contribution in [2.45, 2.75) is 66.1 Å². The third-order valence-corrected chi connectivity index (χ3v) is 3.77. The number of hydrogen-bond donors (Lipinski definition) is 1. The van der Waals surface area contributed by atoms with Gasteiger partial charge in [0.15, 0.2) is 5.76 Å². The fraction of sp³-hybridized carbons (Fsp3) is 0.812. The summed E-state index contributed by atoms with van der Waals surface area (Å²) in [6.45, 7) is 15.1. The standard InChI is InChI=1S/C16H29N3O/c1-15(2,3)17-10-13-9-14(20-18-13)11-19-8-6-7-16(4,5)12-19/h9,17H,6-8,10-12H2,1-5H3. The van der Waals surface area contributed by atoms with Crippen LogP contribution in [0.2, 0.25) is 0 Å². The molecule has 20 heavy (non-hydrogen) atoms. The summed E-state index contributed by atoms with van der Waals surface area (Å²) in [6, 6.07) is 2.08.